The normalized spacial score (nSPS) is 41.8. The van der Waals surface area contributed by atoms with Crippen LogP contribution in [0.25, 0.3) is 0 Å². The number of methoxy groups -OCH3 is 1. The zero-order valence-corrected chi connectivity index (χ0v) is 14.7. The Bertz CT molecular complexity index is 596. The van der Waals surface area contributed by atoms with E-state index in [2.05, 4.69) is 32.0 Å². The summed E-state index contributed by atoms with van der Waals surface area (Å²) in [6.07, 6.45) is 7.01. The van der Waals surface area contributed by atoms with E-state index in [1.807, 2.05) is 0 Å². The van der Waals surface area contributed by atoms with Gasteiger partial charge >= 0.3 is 0 Å². The zero-order valence-electron chi connectivity index (χ0n) is 14.7. The lowest BCUT2D eigenvalue weighted by Crippen LogP contribution is -2.47. The van der Waals surface area contributed by atoms with E-state index >= 15 is 0 Å². The average Bonchev–Trinajstić information content (AvgIpc) is 2.88. The molecule has 0 spiro atoms. The molecule has 1 aromatic carbocycles. The van der Waals surface area contributed by atoms with Crippen molar-refractivity contribution in [3.05, 3.63) is 29.3 Å². The van der Waals surface area contributed by atoms with Crippen LogP contribution in [0.4, 0.5) is 0 Å². The van der Waals surface area contributed by atoms with E-state index in [-0.39, 0.29) is 11.5 Å². The van der Waals surface area contributed by atoms with Gasteiger partial charge < -0.3 is 9.84 Å². The number of aliphatic hydroxyl groups excluding tert-OH is 1. The van der Waals surface area contributed by atoms with E-state index < -0.39 is 0 Å². The standard InChI is InChI=1S/C21H30O2/c1-4-13-11-14-12-15(23-3)5-6-16(14)17-9-10-21(2)18(20(13)17)7-8-19(21)22/h5-6,12-13,17-20,22H,4,7-11H2,1-3H3/t13-,17-,18-,19?,20-,21+/m1/s1. The third-order valence-electron chi connectivity index (χ3n) is 7.58. The highest BCUT2D eigenvalue weighted by atomic mass is 16.5. The maximum atomic E-state index is 10.6. The summed E-state index contributed by atoms with van der Waals surface area (Å²) in [5.74, 6) is 3.91. The Hall–Kier alpha value is -1.02. The molecule has 1 aromatic rings. The molecule has 4 rings (SSSR count). The quantitative estimate of drug-likeness (QED) is 0.868. The van der Waals surface area contributed by atoms with Gasteiger partial charge in [0.15, 0.2) is 0 Å². The van der Waals surface area contributed by atoms with Gasteiger partial charge in [0.05, 0.1) is 13.2 Å². The fourth-order valence-corrected chi connectivity index (χ4v) is 6.27. The minimum atomic E-state index is -0.0804. The Labute approximate surface area is 140 Å². The molecule has 0 saturated heterocycles. The third kappa shape index (κ3) is 2.17. The summed E-state index contributed by atoms with van der Waals surface area (Å²) in [5, 5.41) is 10.6. The van der Waals surface area contributed by atoms with Gasteiger partial charge in [0.1, 0.15) is 5.75 Å². The van der Waals surface area contributed by atoms with Crippen LogP contribution < -0.4 is 4.74 Å². The Kier molecular flexibility index (Phi) is 3.72. The lowest BCUT2D eigenvalue weighted by atomic mass is 9.52. The summed E-state index contributed by atoms with van der Waals surface area (Å²) in [6, 6.07) is 6.73. The molecule has 0 bridgehead atoms. The highest BCUT2D eigenvalue weighted by molar-refractivity contribution is 5.41. The van der Waals surface area contributed by atoms with Gasteiger partial charge in [-0.3, -0.25) is 0 Å². The van der Waals surface area contributed by atoms with Crippen LogP contribution in [0, 0.1) is 23.2 Å². The predicted molar refractivity (Wildman–Crippen MR) is 92.8 cm³/mol. The molecule has 1 N–H and O–H groups in total. The van der Waals surface area contributed by atoms with E-state index in [0.29, 0.717) is 11.8 Å². The first kappa shape index (κ1) is 15.5. The molecular weight excluding hydrogens is 284 g/mol. The molecule has 0 amide bonds. The molecule has 0 heterocycles. The molecule has 2 saturated carbocycles. The van der Waals surface area contributed by atoms with E-state index in [9.17, 15) is 5.11 Å². The van der Waals surface area contributed by atoms with Crippen LogP contribution in [0.5, 0.6) is 5.75 Å². The highest BCUT2D eigenvalue weighted by Crippen LogP contribution is 2.62. The van der Waals surface area contributed by atoms with Crippen molar-refractivity contribution >= 4 is 0 Å². The monoisotopic (exact) mass is 314 g/mol. The minimum Gasteiger partial charge on any atom is -0.497 e. The average molecular weight is 314 g/mol. The number of aliphatic hydroxyl groups is 1. The largest absolute Gasteiger partial charge is 0.497 e. The van der Waals surface area contributed by atoms with E-state index in [1.165, 1.54) is 37.7 Å². The maximum Gasteiger partial charge on any atom is 0.119 e. The summed E-state index contributed by atoms with van der Waals surface area (Å²) in [5.41, 5.74) is 3.25. The molecule has 0 aromatic heterocycles. The minimum absolute atomic E-state index is 0.0804. The number of benzene rings is 1. The van der Waals surface area contributed by atoms with Gasteiger partial charge in [-0.15, -0.1) is 0 Å². The van der Waals surface area contributed by atoms with Crippen molar-refractivity contribution in [1.82, 2.24) is 0 Å². The number of hydrogen-bond acceptors (Lipinski definition) is 2. The summed E-state index contributed by atoms with van der Waals surface area (Å²) in [6.45, 7) is 4.71. The first-order chi connectivity index (χ1) is 11.1. The third-order valence-corrected chi connectivity index (χ3v) is 7.58. The van der Waals surface area contributed by atoms with Gasteiger partial charge in [-0.05, 0) is 84.5 Å². The van der Waals surface area contributed by atoms with Crippen LogP contribution >= 0.6 is 0 Å². The molecule has 0 aliphatic heterocycles. The van der Waals surface area contributed by atoms with E-state index in [0.717, 1.165) is 24.0 Å². The topological polar surface area (TPSA) is 29.5 Å². The van der Waals surface area contributed by atoms with Crippen LogP contribution in [-0.2, 0) is 6.42 Å². The second kappa shape index (κ2) is 5.51. The first-order valence-electron chi connectivity index (χ1n) is 9.43. The second-order valence-corrected chi connectivity index (χ2v) is 8.37. The number of hydrogen-bond donors (Lipinski definition) is 1. The van der Waals surface area contributed by atoms with Crippen molar-refractivity contribution in [3.63, 3.8) is 0 Å². The van der Waals surface area contributed by atoms with Crippen LogP contribution in [-0.4, -0.2) is 18.3 Å². The Morgan fingerprint density at radius 3 is 2.83 bits per heavy atom. The SMILES string of the molecule is CC[C@@H]1Cc2cc(OC)ccc2[C@H]2CC[C@]3(C)C(O)CC[C@@H]3[C@H]12. The molecule has 23 heavy (non-hydrogen) atoms. The molecule has 126 valence electrons. The highest BCUT2D eigenvalue weighted by Gasteiger charge is 2.56. The van der Waals surface area contributed by atoms with Gasteiger partial charge in [0.2, 0.25) is 0 Å². The van der Waals surface area contributed by atoms with Crippen LogP contribution in [0.1, 0.15) is 63.0 Å². The lowest BCUT2D eigenvalue weighted by Gasteiger charge is -2.53. The lowest BCUT2D eigenvalue weighted by molar-refractivity contribution is -0.0386. The van der Waals surface area contributed by atoms with E-state index in [1.54, 1.807) is 12.7 Å². The van der Waals surface area contributed by atoms with Crippen molar-refractivity contribution in [1.29, 1.82) is 0 Å². The number of ether oxygens (including phenoxy) is 1. The van der Waals surface area contributed by atoms with Crippen LogP contribution in [0.3, 0.4) is 0 Å². The first-order valence-corrected chi connectivity index (χ1v) is 9.43. The summed E-state index contributed by atoms with van der Waals surface area (Å²) >= 11 is 0. The summed E-state index contributed by atoms with van der Waals surface area (Å²) in [4.78, 5) is 0. The van der Waals surface area contributed by atoms with Gasteiger partial charge in [-0.25, -0.2) is 0 Å². The van der Waals surface area contributed by atoms with Gasteiger partial charge in [-0.2, -0.15) is 0 Å². The van der Waals surface area contributed by atoms with Crippen molar-refractivity contribution in [2.75, 3.05) is 7.11 Å². The maximum absolute atomic E-state index is 10.6. The Morgan fingerprint density at radius 1 is 1.26 bits per heavy atom. The molecule has 0 radical (unpaired) electrons. The summed E-state index contributed by atoms with van der Waals surface area (Å²) < 4.78 is 5.45. The molecule has 2 fully saturated rings. The van der Waals surface area contributed by atoms with Crippen molar-refractivity contribution in [3.8, 4) is 5.75 Å². The van der Waals surface area contributed by atoms with Crippen molar-refractivity contribution < 1.29 is 9.84 Å². The Morgan fingerprint density at radius 2 is 2.09 bits per heavy atom. The number of rotatable bonds is 2. The molecule has 3 aliphatic rings. The second-order valence-electron chi connectivity index (χ2n) is 8.37. The van der Waals surface area contributed by atoms with E-state index in [4.69, 9.17) is 4.74 Å². The van der Waals surface area contributed by atoms with Gasteiger partial charge in [0.25, 0.3) is 0 Å². The van der Waals surface area contributed by atoms with Crippen LogP contribution in [0.15, 0.2) is 18.2 Å². The molecule has 2 heteroatoms. The number of fused-ring (bicyclic) bond motifs is 5. The molecule has 2 nitrogen and oxygen atoms in total. The predicted octanol–water partition coefficient (Wildman–Crippen LogP) is 4.55. The van der Waals surface area contributed by atoms with Gasteiger partial charge in [-0.1, -0.05) is 26.3 Å². The van der Waals surface area contributed by atoms with Crippen molar-refractivity contribution in [2.24, 2.45) is 23.2 Å². The molecule has 3 aliphatic carbocycles. The molecular formula is C21H30O2. The smallest absolute Gasteiger partial charge is 0.119 e. The van der Waals surface area contributed by atoms with Crippen LogP contribution in [0.2, 0.25) is 0 Å². The fraction of sp³-hybridized carbons (Fsp3) is 0.714. The van der Waals surface area contributed by atoms with Crippen molar-refractivity contribution in [2.45, 2.75) is 64.4 Å². The zero-order chi connectivity index (χ0) is 16.2. The van der Waals surface area contributed by atoms with Gasteiger partial charge in [0, 0.05) is 0 Å². The molecule has 1 unspecified atom stereocenters. The summed E-state index contributed by atoms with van der Waals surface area (Å²) in [7, 11) is 1.76. The fourth-order valence-electron chi connectivity index (χ4n) is 6.27. The Balaban J connectivity index is 1.75. The molecule has 6 atom stereocenters.